The Morgan fingerprint density at radius 1 is 1.39 bits per heavy atom. The normalized spacial score (nSPS) is 12.7. The highest BCUT2D eigenvalue weighted by Crippen LogP contribution is 2.24. The minimum absolute atomic E-state index is 0.195. The second-order valence-corrected chi connectivity index (χ2v) is 4.50. The van der Waals surface area contributed by atoms with Crippen LogP contribution in [-0.4, -0.2) is 26.9 Å². The molecule has 0 aliphatic rings. The Bertz CT molecular complexity index is 567. The molecule has 5 nitrogen and oxygen atoms in total. The standard InChI is InChI=1S/C12H15ClN4O/c1-7-9(6-17(3)16-7)10-5-11(13)15-12(14-10)8(2)18-4/h5-6,8H,1-4H3/t8-/m1/s1. The number of aryl methyl sites for hydroxylation is 2. The van der Waals surface area contributed by atoms with Crippen molar-refractivity contribution in [2.75, 3.05) is 7.11 Å². The molecule has 0 spiro atoms. The molecule has 2 aromatic rings. The van der Waals surface area contributed by atoms with Crippen molar-refractivity contribution in [2.45, 2.75) is 20.0 Å². The molecule has 6 heteroatoms. The maximum Gasteiger partial charge on any atom is 0.159 e. The fourth-order valence-electron chi connectivity index (χ4n) is 1.71. The van der Waals surface area contributed by atoms with Gasteiger partial charge in [0, 0.05) is 32.0 Å². The molecule has 0 fully saturated rings. The second kappa shape index (κ2) is 5.04. The van der Waals surface area contributed by atoms with Gasteiger partial charge in [-0.25, -0.2) is 9.97 Å². The largest absolute Gasteiger partial charge is 0.374 e. The van der Waals surface area contributed by atoms with E-state index in [9.17, 15) is 0 Å². The van der Waals surface area contributed by atoms with E-state index in [2.05, 4.69) is 15.1 Å². The quantitative estimate of drug-likeness (QED) is 0.801. The third-order valence-electron chi connectivity index (χ3n) is 2.72. The van der Waals surface area contributed by atoms with Crippen molar-refractivity contribution in [3.05, 3.63) is 28.9 Å². The summed E-state index contributed by atoms with van der Waals surface area (Å²) in [6, 6.07) is 1.73. The first kappa shape index (κ1) is 13.0. The zero-order valence-electron chi connectivity index (χ0n) is 10.8. The Labute approximate surface area is 111 Å². The Kier molecular flexibility index (Phi) is 3.63. The summed E-state index contributed by atoms with van der Waals surface area (Å²) >= 11 is 6.03. The zero-order valence-corrected chi connectivity index (χ0v) is 11.6. The number of halogens is 1. The molecule has 96 valence electrons. The highest BCUT2D eigenvalue weighted by atomic mass is 35.5. The van der Waals surface area contributed by atoms with Crippen LogP contribution < -0.4 is 0 Å². The molecule has 0 saturated heterocycles. The van der Waals surface area contributed by atoms with Gasteiger partial charge in [0.25, 0.3) is 0 Å². The van der Waals surface area contributed by atoms with Crippen LogP contribution in [-0.2, 0) is 11.8 Å². The fourth-order valence-corrected chi connectivity index (χ4v) is 1.90. The molecule has 0 aliphatic carbocycles. The molecule has 1 atom stereocenters. The van der Waals surface area contributed by atoms with Gasteiger partial charge < -0.3 is 4.74 Å². The SMILES string of the molecule is CO[C@H](C)c1nc(Cl)cc(-c2cn(C)nc2C)n1. The van der Waals surface area contributed by atoms with Crippen LogP contribution in [0, 0.1) is 6.92 Å². The highest BCUT2D eigenvalue weighted by Gasteiger charge is 2.14. The molecule has 0 unspecified atom stereocenters. The lowest BCUT2D eigenvalue weighted by atomic mass is 10.2. The summed E-state index contributed by atoms with van der Waals surface area (Å²) in [5, 5.41) is 4.70. The number of aromatic nitrogens is 4. The van der Waals surface area contributed by atoms with Crippen molar-refractivity contribution in [3.63, 3.8) is 0 Å². The number of hydrogen-bond donors (Lipinski definition) is 0. The first-order chi connectivity index (χ1) is 8.51. The van der Waals surface area contributed by atoms with Gasteiger partial charge in [-0.1, -0.05) is 11.6 Å². The number of rotatable bonds is 3. The van der Waals surface area contributed by atoms with E-state index in [0.29, 0.717) is 11.0 Å². The number of ether oxygens (including phenoxy) is 1. The van der Waals surface area contributed by atoms with Gasteiger partial charge in [-0.15, -0.1) is 0 Å². The summed E-state index contributed by atoms with van der Waals surface area (Å²) in [5.74, 6) is 0.572. The summed E-state index contributed by atoms with van der Waals surface area (Å²) in [5.41, 5.74) is 2.62. The average molecular weight is 267 g/mol. The zero-order chi connectivity index (χ0) is 13.3. The van der Waals surface area contributed by atoms with Crippen LogP contribution in [0.25, 0.3) is 11.3 Å². The maximum atomic E-state index is 6.03. The first-order valence-electron chi connectivity index (χ1n) is 5.59. The third kappa shape index (κ3) is 2.52. The van der Waals surface area contributed by atoms with Gasteiger partial charge in [-0.3, -0.25) is 4.68 Å². The summed E-state index contributed by atoms with van der Waals surface area (Å²) in [6.45, 7) is 3.82. The van der Waals surface area contributed by atoms with Crippen molar-refractivity contribution in [3.8, 4) is 11.3 Å². The monoisotopic (exact) mass is 266 g/mol. The summed E-state index contributed by atoms with van der Waals surface area (Å²) in [7, 11) is 3.49. The fraction of sp³-hybridized carbons (Fsp3) is 0.417. The highest BCUT2D eigenvalue weighted by molar-refractivity contribution is 6.29. The van der Waals surface area contributed by atoms with Crippen LogP contribution >= 0.6 is 11.6 Å². The van der Waals surface area contributed by atoms with Crippen molar-refractivity contribution in [2.24, 2.45) is 7.05 Å². The first-order valence-corrected chi connectivity index (χ1v) is 5.97. The summed E-state index contributed by atoms with van der Waals surface area (Å²) in [4.78, 5) is 8.64. The van der Waals surface area contributed by atoms with Crippen LogP contribution in [0.3, 0.4) is 0 Å². The van der Waals surface area contributed by atoms with E-state index in [1.165, 1.54) is 0 Å². The Hall–Kier alpha value is -1.46. The lowest BCUT2D eigenvalue weighted by molar-refractivity contribution is 0.112. The minimum Gasteiger partial charge on any atom is -0.374 e. The number of hydrogen-bond acceptors (Lipinski definition) is 4. The van der Waals surface area contributed by atoms with Crippen LogP contribution in [0.15, 0.2) is 12.3 Å². The lowest BCUT2D eigenvalue weighted by Crippen LogP contribution is -2.04. The van der Waals surface area contributed by atoms with E-state index in [1.54, 1.807) is 17.9 Å². The second-order valence-electron chi connectivity index (χ2n) is 4.11. The van der Waals surface area contributed by atoms with Crippen LogP contribution in [0.1, 0.15) is 24.5 Å². The molecule has 0 bridgehead atoms. The van der Waals surface area contributed by atoms with Crippen LogP contribution in [0.5, 0.6) is 0 Å². The van der Waals surface area contributed by atoms with Crippen LogP contribution in [0.2, 0.25) is 5.15 Å². The minimum atomic E-state index is -0.195. The van der Waals surface area contributed by atoms with E-state index in [4.69, 9.17) is 16.3 Å². The average Bonchev–Trinajstić information content (AvgIpc) is 2.66. The van der Waals surface area contributed by atoms with Gasteiger partial charge in [0.2, 0.25) is 0 Å². The topological polar surface area (TPSA) is 52.8 Å². The lowest BCUT2D eigenvalue weighted by Gasteiger charge is -2.09. The van der Waals surface area contributed by atoms with Crippen molar-refractivity contribution >= 4 is 11.6 Å². The summed E-state index contributed by atoms with van der Waals surface area (Å²) in [6.07, 6.45) is 1.72. The van der Waals surface area contributed by atoms with Gasteiger partial charge in [-0.2, -0.15) is 5.10 Å². The molecule has 0 amide bonds. The van der Waals surface area contributed by atoms with Crippen LogP contribution in [0.4, 0.5) is 0 Å². The molecule has 2 heterocycles. The van der Waals surface area contributed by atoms with Crippen molar-refractivity contribution < 1.29 is 4.74 Å². The van der Waals surface area contributed by atoms with Crippen molar-refractivity contribution in [1.29, 1.82) is 0 Å². The predicted molar refractivity (Wildman–Crippen MR) is 69.4 cm³/mol. The van der Waals surface area contributed by atoms with E-state index < -0.39 is 0 Å². The molecule has 18 heavy (non-hydrogen) atoms. The molecule has 2 rings (SSSR count). The predicted octanol–water partition coefficient (Wildman–Crippen LogP) is 2.55. The molecule has 0 radical (unpaired) electrons. The van der Waals surface area contributed by atoms with E-state index in [0.717, 1.165) is 17.0 Å². The van der Waals surface area contributed by atoms with Gasteiger partial charge >= 0.3 is 0 Å². The number of methoxy groups -OCH3 is 1. The van der Waals surface area contributed by atoms with Crippen molar-refractivity contribution in [1.82, 2.24) is 19.7 Å². The Balaban J connectivity index is 2.51. The molecular weight excluding hydrogens is 252 g/mol. The smallest absolute Gasteiger partial charge is 0.159 e. The van der Waals surface area contributed by atoms with Gasteiger partial charge in [0.1, 0.15) is 11.3 Å². The van der Waals surface area contributed by atoms with E-state index in [1.807, 2.05) is 27.1 Å². The molecular formula is C12H15ClN4O. The Morgan fingerprint density at radius 2 is 2.11 bits per heavy atom. The van der Waals surface area contributed by atoms with E-state index >= 15 is 0 Å². The van der Waals surface area contributed by atoms with E-state index in [-0.39, 0.29) is 6.10 Å². The van der Waals surface area contributed by atoms with Gasteiger partial charge in [0.15, 0.2) is 5.82 Å². The third-order valence-corrected chi connectivity index (χ3v) is 2.91. The van der Waals surface area contributed by atoms with Gasteiger partial charge in [-0.05, 0) is 13.8 Å². The molecule has 0 N–H and O–H groups in total. The maximum absolute atomic E-state index is 6.03. The molecule has 0 aliphatic heterocycles. The number of nitrogens with zero attached hydrogens (tertiary/aromatic N) is 4. The van der Waals surface area contributed by atoms with Gasteiger partial charge in [0.05, 0.1) is 11.4 Å². The molecule has 0 aromatic carbocycles. The summed E-state index contributed by atoms with van der Waals surface area (Å²) < 4.78 is 6.96. The Morgan fingerprint density at radius 3 is 2.67 bits per heavy atom. The molecule has 2 aromatic heterocycles. The molecule has 0 saturated carbocycles.